The third-order valence-corrected chi connectivity index (χ3v) is 5.30. The van der Waals surface area contributed by atoms with Gasteiger partial charge in [-0.05, 0) is 29.8 Å². The number of fused-ring (bicyclic) bond motifs is 1. The Kier molecular flexibility index (Phi) is 4.29. The van der Waals surface area contributed by atoms with Gasteiger partial charge in [0, 0.05) is 31.1 Å². The number of ether oxygens (including phenoxy) is 1. The summed E-state index contributed by atoms with van der Waals surface area (Å²) >= 11 is 0. The highest BCUT2D eigenvalue weighted by Crippen LogP contribution is 2.29. The number of imidazole rings is 1. The van der Waals surface area contributed by atoms with E-state index in [2.05, 4.69) is 44.2 Å². The van der Waals surface area contributed by atoms with Crippen LogP contribution in [0.3, 0.4) is 0 Å². The number of H-pyrrole nitrogens is 1. The zero-order chi connectivity index (χ0) is 18.9. The van der Waals surface area contributed by atoms with Crippen LogP contribution >= 0.6 is 0 Å². The van der Waals surface area contributed by atoms with Gasteiger partial charge in [0.15, 0.2) is 0 Å². The lowest BCUT2D eigenvalue weighted by atomic mass is 9.98. The number of methoxy groups -OCH3 is 1. The minimum atomic E-state index is 0.472. The summed E-state index contributed by atoms with van der Waals surface area (Å²) < 4.78 is 7.32. The molecule has 3 heterocycles. The number of para-hydroxylation sites is 2. The zero-order valence-corrected chi connectivity index (χ0v) is 15.7. The Hall–Kier alpha value is -3.19. The van der Waals surface area contributed by atoms with Crippen molar-refractivity contribution in [2.45, 2.75) is 19.0 Å². The predicted octanol–water partition coefficient (Wildman–Crippen LogP) is 2.81. The molecule has 1 aliphatic heterocycles. The molecule has 2 aromatic carbocycles. The van der Waals surface area contributed by atoms with E-state index in [4.69, 9.17) is 9.72 Å². The van der Waals surface area contributed by atoms with Gasteiger partial charge >= 0.3 is 0 Å². The van der Waals surface area contributed by atoms with Gasteiger partial charge in [-0.15, -0.1) is 0 Å². The molecule has 2 aromatic heterocycles. The van der Waals surface area contributed by atoms with Crippen LogP contribution in [0.2, 0.25) is 0 Å². The Bertz CT molecular complexity index is 1050. The zero-order valence-electron chi connectivity index (χ0n) is 15.7. The molecule has 7 heteroatoms. The van der Waals surface area contributed by atoms with Gasteiger partial charge in [0.1, 0.15) is 24.2 Å². The molecule has 5 rings (SSSR count). The van der Waals surface area contributed by atoms with Crippen molar-refractivity contribution in [1.82, 2.24) is 29.6 Å². The van der Waals surface area contributed by atoms with E-state index < -0.39 is 0 Å². The van der Waals surface area contributed by atoms with Gasteiger partial charge in [0.2, 0.25) is 0 Å². The summed E-state index contributed by atoms with van der Waals surface area (Å²) in [5.41, 5.74) is 4.55. The van der Waals surface area contributed by atoms with Gasteiger partial charge in [-0.1, -0.05) is 18.2 Å². The van der Waals surface area contributed by atoms with Gasteiger partial charge < -0.3 is 9.72 Å². The monoisotopic (exact) mass is 374 g/mol. The molecular weight excluding hydrogens is 352 g/mol. The molecule has 0 amide bonds. The maximum atomic E-state index is 5.51. The number of nitrogens with one attached hydrogen (secondary N) is 1. The molecule has 1 fully saturated rings. The molecule has 1 N–H and O–H groups in total. The van der Waals surface area contributed by atoms with Crippen molar-refractivity contribution in [1.29, 1.82) is 0 Å². The van der Waals surface area contributed by atoms with Crippen molar-refractivity contribution in [3.05, 3.63) is 72.1 Å². The van der Waals surface area contributed by atoms with E-state index in [-0.39, 0.29) is 0 Å². The first-order valence-electron chi connectivity index (χ1n) is 9.43. The first-order chi connectivity index (χ1) is 13.8. The SMILES string of the molecule is COc1ccc(CN2CC(c3nc4ccccc4[nH]3)C2)cc1Cn1cncn1. The van der Waals surface area contributed by atoms with Crippen LogP contribution in [-0.4, -0.2) is 49.8 Å². The van der Waals surface area contributed by atoms with E-state index in [1.807, 2.05) is 22.9 Å². The summed E-state index contributed by atoms with van der Waals surface area (Å²) in [6.07, 6.45) is 3.27. The van der Waals surface area contributed by atoms with E-state index in [9.17, 15) is 0 Å². The molecule has 142 valence electrons. The van der Waals surface area contributed by atoms with Crippen molar-refractivity contribution in [3.63, 3.8) is 0 Å². The Morgan fingerprint density at radius 2 is 2.04 bits per heavy atom. The standard InChI is InChI=1S/C21H22N6O/c1-28-20-7-6-15(8-16(20)12-27-14-22-13-23-27)9-26-10-17(11-26)21-24-18-4-2-3-5-19(18)25-21/h2-8,13-14,17H,9-12H2,1H3,(H,24,25). The van der Waals surface area contributed by atoms with Gasteiger partial charge in [-0.2, -0.15) is 5.10 Å². The van der Waals surface area contributed by atoms with Crippen LogP contribution < -0.4 is 4.74 Å². The molecule has 0 aliphatic carbocycles. The van der Waals surface area contributed by atoms with Gasteiger partial charge in [0.25, 0.3) is 0 Å². The third kappa shape index (κ3) is 3.25. The van der Waals surface area contributed by atoms with Crippen molar-refractivity contribution < 1.29 is 4.74 Å². The first kappa shape index (κ1) is 16.9. The van der Waals surface area contributed by atoms with Crippen LogP contribution in [0.5, 0.6) is 5.75 Å². The minimum absolute atomic E-state index is 0.472. The Morgan fingerprint density at radius 3 is 2.82 bits per heavy atom. The van der Waals surface area contributed by atoms with Crippen molar-refractivity contribution in [3.8, 4) is 5.75 Å². The molecule has 4 aromatic rings. The maximum Gasteiger partial charge on any atom is 0.137 e. The molecule has 1 saturated heterocycles. The smallest absolute Gasteiger partial charge is 0.137 e. The number of aromatic nitrogens is 5. The lowest BCUT2D eigenvalue weighted by Gasteiger charge is -2.38. The summed E-state index contributed by atoms with van der Waals surface area (Å²) in [7, 11) is 1.70. The number of likely N-dealkylation sites (tertiary alicyclic amines) is 1. The number of benzene rings is 2. The predicted molar refractivity (Wildman–Crippen MR) is 106 cm³/mol. The molecule has 1 aliphatic rings. The van der Waals surface area contributed by atoms with Crippen LogP contribution in [0.1, 0.15) is 22.9 Å². The average Bonchev–Trinajstić information content (AvgIpc) is 3.33. The van der Waals surface area contributed by atoms with Crippen LogP contribution in [0.15, 0.2) is 55.1 Å². The molecular formula is C21H22N6O. The first-order valence-corrected chi connectivity index (χ1v) is 9.43. The molecule has 0 spiro atoms. The van der Waals surface area contributed by atoms with Gasteiger partial charge in [-0.3, -0.25) is 4.90 Å². The number of rotatable bonds is 6. The lowest BCUT2D eigenvalue weighted by molar-refractivity contribution is 0.135. The quantitative estimate of drug-likeness (QED) is 0.562. The van der Waals surface area contributed by atoms with E-state index in [0.29, 0.717) is 12.5 Å². The fourth-order valence-corrected chi connectivity index (χ4v) is 3.84. The van der Waals surface area contributed by atoms with Crippen molar-refractivity contribution in [2.75, 3.05) is 20.2 Å². The van der Waals surface area contributed by atoms with Crippen LogP contribution in [0.25, 0.3) is 11.0 Å². The summed E-state index contributed by atoms with van der Waals surface area (Å²) in [5, 5.41) is 4.20. The van der Waals surface area contributed by atoms with E-state index in [0.717, 1.165) is 47.8 Å². The van der Waals surface area contributed by atoms with E-state index >= 15 is 0 Å². The number of hydrogen-bond acceptors (Lipinski definition) is 5. The fourth-order valence-electron chi connectivity index (χ4n) is 3.84. The second kappa shape index (κ2) is 7.09. The maximum absolute atomic E-state index is 5.51. The summed E-state index contributed by atoms with van der Waals surface area (Å²) in [6, 6.07) is 14.6. The topological polar surface area (TPSA) is 71.9 Å². The molecule has 0 radical (unpaired) electrons. The second-order valence-corrected chi connectivity index (χ2v) is 7.27. The summed E-state index contributed by atoms with van der Waals surface area (Å²) in [5.74, 6) is 2.45. The average molecular weight is 374 g/mol. The van der Waals surface area contributed by atoms with E-state index in [1.165, 1.54) is 5.56 Å². The van der Waals surface area contributed by atoms with Crippen LogP contribution in [0.4, 0.5) is 0 Å². The summed E-state index contributed by atoms with van der Waals surface area (Å²) in [4.78, 5) is 14.7. The van der Waals surface area contributed by atoms with Crippen molar-refractivity contribution >= 4 is 11.0 Å². The minimum Gasteiger partial charge on any atom is -0.496 e. The lowest BCUT2D eigenvalue weighted by Crippen LogP contribution is -2.44. The second-order valence-electron chi connectivity index (χ2n) is 7.27. The van der Waals surface area contributed by atoms with Crippen molar-refractivity contribution in [2.24, 2.45) is 0 Å². The third-order valence-electron chi connectivity index (χ3n) is 5.30. The van der Waals surface area contributed by atoms with E-state index in [1.54, 1.807) is 19.8 Å². The van der Waals surface area contributed by atoms with Crippen LogP contribution in [0, 0.1) is 0 Å². The molecule has 7 nitrogen and oxygen atoms in total. The number of nitrogens with zero attached hydrogens (tertiary/aromatic N) is 5. The Labute approximate surface area is 163 Å². The normalized spacial score (nSPS) is 15.0. The Morgan fingerprint density at radius 1 is 1.14 bits per heavy atom. The highest BCUT2D eigenvalue weighted by atomic mass is 16.5. The highest BCUT2D eigenvalue weighted by Gasteiger charge is 2.30. The molecule has 0 bridgehead atoms. The molecule has 0 unspecified atom stereocenters. The molecule has 0 saturated carbocycles. The largest absolute Gasteiger partial charge is 0.496 e. The summed E-state index contributed by atoms with van der Waals surface area (Å²) in [6.45, 7) is 3.61. The molecule has 0 atom stereocenters. The number of hydrogen-bond donors (Lipinski definition) is 1. The van der Waals surface area contributed by atoms with Crippen LogP contribution in [-0.2, 0) is 13.1 Å². The highest BCUT2D eigenvalue weighted by molar-refractivity contribution is 5.74. The number of aromatic amines is 1. The Balaban J connectivity index is 1.25. The van der Waals surface area contributed by atoms with Gasteiger partial charge in [0.05, 0.1) is 24.7 Å². The van der Waals surface area contributed by atoms with Gasteiger partial charge in [-0.25, -0.2) is 14.6 Å². The fraction of sp³-hybridized carbons (Fsp3) is 0.286. The molecule has 28 heavy (non-hydrogen) atoms.